The van der Waals surface area contributed by atoms with Crippen molar-refractivity contribution in [2.75, 3.05) is 26.2 Å². The second-order valence-corrected chi connectivity index (χ2v) is 3.64. The molecule has 0 aliphatic carbocycles. The van der Waals surface area contributed by atoms with Gasteiger partial charge in [-0.25, -0.2) is 0 Å². The maximum absolute atomic E-state index is 12.1. The summed E-state index contributed by atoms with van der Waals surface area (Å²) in [5.74, 6) is -1.28. The van der Waals surface area contributed by atoms with Crippen molar-refractivity contribution in [1.82, 2.24) is 4.90 Å². The quantitative estimate of drug-likeness (QED) is 0.733. The molecule has 0 spiro atoms. The minimum Gasteiger partial charge on any atom is -0.480 e. The highest BCUT2D eigenvalue weighted by molar-refractivity contribution is 5.69. The first-order chi connectivity index (χ1) is 7.20. The molecular formula is C9H16F3NO3. The van der Waals surface area contributed by atoms with Gasteiger partial charge in [0.25, 0.3) is 0 Å². The van der Waals surface area contributed by atoms with Crippen molar-refractivity contribution in [3.8, 4) is 0 Å². The standard InChI is InChI=1S/C9H16F3NO3/c1-7(2)16-4-3-13(5-8(14)15)6-9(10,11)12/h7H,3-6H2,1-2H3,(H,14,15). The monoisotopic (exact) mass is 243 g/mol. The van der Waals surface area contributed by atoms with Gasteiger partial charge in [-0.2, -0.15) is 13.2 Å². The molecule has 0 aliphatic heterocycles. The predicted octanol–water partition coefficient (Wildman–Crippen LogP) is 1.36. The SMILES string of the molecule is CC(C)OCCN(CC(=O)O)CC(F)(F)F. The van der Waals surface area contributed by atoms with Crippen molar-refractivity contribution >= 4 is 5.97 Å². The smallest absolute Gasteiger partial charge is 0.401 e. The molecular weight excluding hydrogens is 227 g/mol. The number of hydrogen-bond acceptors (Lipinski definition) is 3. The fourth-order valence-corrected chi connectivity index (χ4v) is 1.08. The van der Waals surface area contributed by atoms with Crippen molar-refractivity contribution in [3.63, 3.8) is 0 Å². The Labute approximate surface area is 92.0 Å². The van der Waals surface area contributed by atoms with E-state index < -0.39 is 25.2 Å². The Morgan fingerprint density at radius 2 is 2.00 bits per heavy atom. The van der Waals surface area contributed by atoms with Crippen LogP contribution in [0, 0.1) is 0 Å². The van der Waals surface area contributed by atoms with E-state index in [1.807, 2.05) is 0 Å². The predicted molar refractivity (Wildman–Crippen MR) is 51.2 cm³/mol. The molecule has 0 rings (SSSR count). The molecule has 0 atom stereocenters. The van der Waals surface area contributed by atoms with E-state index in [1.165, 1.54) is 0 Å². The zero-order chi connectivity index (χ0) is 12.8. The van der Waals surface area contributed by atoms with Crippen LogP contribution in [0.3, 0.4) is 0 Å². The van der Waals surface area contributed by atoms with Gasteiger partial charge < -0.3 is 9.84 Å². The normalized spacial score (nSPS) is 12.4. The van der Waals surface area contributed by atoms with E-state index in [2.05, 4.69) is 0 Å². The maximum atomic E-state index is 12.1. The van der Waals surface area contributed by atoms with Gasteiger partial charge >= 0.3 is 12.1 Å². The van der Waals surface area contributed by atoms with Crippen molar-refractivity contribution in [1.29, 1.82) is 0 Å². The van der Waals surface area contributed by atoms with E-state index in [9.17, 15) is 18.0 Å². The molecule has 0 unspecified atom stereocenters. The number of alkyl halides is 3. The number of rotatable bonds is 7. The minimum atomic E-state index is -4.40. The van der Waals surface area contributed by atoms with Crippen LogP contribution < -0.4 is 0 Å². The van der Waals surface area contributed by atoms with Crippen molar-refractivity contribution in [3.05, 3.63) is 0 Å². The molecule has 0 saturated heterocycles. The first kappa shape index (κ1) is 15.2. The lowest BCUT2D eigenvalue weighted by molar-refractivity contribution is -0.155. The zero-order valence-corrected chi connectivity index (χ0v) is 9.25. The molecule has 0 aromatic carbocycles. The topological polar surface area (TPSA) is 49.8 Å². The Morgan fingerprint density at radius 3 is 2.38 bits per heavy atom. The maximum Gasteiger partial charge on any atom is 0.401 e. The third-order valence-electron chi connectivity index (χ3n) is 1.62. The van der Waals surface area contributed by atoms with Crippen molar-refractivity contribution in [2.24, 2.45) is 0 Å². The average molecular weight is 243 g/mol. The van der Waals surface area contributed by atoms with E-state index in [0.29, 0.717) is 0 Å². The van der Waals surface area contributed by atoms with Crippen LogP contribution >= 0.6 is 0 Å². The number of carboxylic acids is 1. The Bertz CT molecular complexity index is 219. The highest BCUT2D eigenvalue weighted by Gasteiger charge is 2.31. The summed E-state index contributed by atoms with van der Waals surface area (Å²) in [6.45, 7) is 1.67. The van der Waals surface area contributed by atoms with E-state index in [4.69, 9.17) is 9.84 Å². The van der Waals surface area contributed by atoms with Gasteiger partial charge in [0, 0.05) is 6.54 Å². The van der Waals surface area contributed by atoms with Crippen LogP contribution in [-0.2, 0) is 9.53 Å². The molecule has 0 aliphatic rings. The Balaban J connectivity index is 4.05. The molecule has 16 heavy (non-hydrogen) atoms. The summed E-state index contributed by atoms with van der Waals surface area (Å²) in [4.78, 5) is 11.1. The summed E-state index contributed by atoms with van der Waals surface area (Å²) < 4.78 is 41.3. The number of halogens is 3. The third-order valence-corrected chi connectivity index (χ3v) is 1.62. The molecule has 4 nitrogen and oxygen atoms in total. The Kier molecular flexibility index (Phi) is 6.35. The molecule has 0 amide bonds. The van der Waals surface area contributed by atoms with Gasteiger partial charge in [0.2, 0.25) is 0 Å². The molecule has 96 valence electrons. The van der Waals surface area contributed by atoms with E-state index in [0.717, 1.165) is 4.90 Å². The lowest BCUT2D eigenvalue weighted by Gasteiger charge is -2.22. The Hall–Kier alpha value is -0.820. The number of ether oxygens (including phenoxy) is 1. The van der Waals surface area contributed by atoms with Crippen LogP contribution in [-0.4, -0.2) is 54.5 Å². The molecule has 7 heteroatoms. The second-order valence-electron chi connectivity index (χ2n) is 3.64. The highest BCUT2D eigenvalue weighted by atomic mass is 19.4. The summed E-state index contributed by atoms with van der Waals surface area (Å²) in [5.41, 5.74) is 0. The van der Waals surface area contributed by atoms with Crippen molar-refractivity contribution in [2.45, 2.75) is 26.1 Å². The van der Waals surface area contributed by atoms with Crippen LogP contribution in [0.15, 0.2) is 0 Å². The van der Waals surface area contributed by atoms with Crippen LogP contribution in [0.1, 0.15) is 13.8 Å². The van der Waals surface area contributed by atoms with Gasteiger partial charge in [0.05, 0.1) is 25.8 Å². The highest BCUT2D eigenvalue weighted by Crippen LogP contribution is 2.16. The van der Waals surface area contributed by atoms with Crippen LogP contribution in [0.5, 0.6) is 0 Å². The van der Waals surface area contributed by atoms with Gasteiger partial charge in [0.1, 0.15) is 0 Å². The molecule has 0 aromatic heterocycles. The van der Waals surface area contributed by atoms with Crippen molar-refractivity contribution < 1.29 is 27.8 Å². The lowest BCUT2D eigenvalue weighted by Crippen LogP contribution is -2.40. The number of carboxylic acid groups (broad SMARTS) is 1. The van der Waals surface area contributed by atoms with E-state index in [-0.39, 0.29) is 19.3 Å². The molecule has 1 N–H and O–H groups in total. The van der Waals surface area contributed by atoms with Gasteiger partial charge in [-0.3, -0.25) is 9.69 Å². The van der Waals surface area contributed by atoms with Crippen LogP contribution in [0.2, 0.25) is 0 Å². The molecule has 0 aromatic rings. The first-order valence-corrected chi connectivity index (χ1v) is 4.83. The van der Waals surface area contributed by atoms with Gasteiger partial charge in [0.15, 0.2) is 0 Å². The molecule has 0 fully saturated rings. The summed E-state index contributed by atoms with van der Waals surface area (Å²) >= 11 is 0. The average Bonchev–Trinajstić information content (AvgIpc) is 1.98. The molecule has 0 radical (unpaired) electrons. The fourth-order valence-electron chi connectivity index (χ4n) is 1.08. The summed E-state index contributed by atoms with van der Waals surface area (Å²) in [6, 6.07) is 0. The number of hydrogen-bond donors (Lipinski definition) is 1. The van der Waals surface area contributed by atoms with Gasteiger partial charge in [-0.1, -0.05) is 0 Å². The number of aliphatic carboxylic acids is 1. The number of carbonyl (C=O) groups is 1. The molecule has 0 saturated carbocycles. The third kappa shape index (κ3) is 9.72. The molecule has 0 bridgehead atoms. The molecule has 0 heterocycles. The van der Waals surface area contributed by atoms with E-state index >= 15 is 0 Å². The minimum absolute atomic E-state index is 0.0516. The Morgan fingerprint density at radius 1 is 1.44 bits per heavy atom. The summed E-state index contributed by atoms with van der Waals surface area (Å²) in [5, 5.41) is 8.44. The first-order valence-electron chi connectivity index (χ1n) is 4.83. The zero-order valence-electron chi connectivity index (χ0n) is 9.25. The van der Waals surface area contributed by atoms with Gasteiger partial charge in [-0.05, 0) is 13.8 Å². The van der Waals surface area contributed by atoms with E-state index in [1.54, 1.807) is 13.8 Å². The summed E-state index contributed by atoms with van der Waals surface area (Å²) in [6.07, 6.45) is -4.48. The van der Waals surface area contributed by atoms with Gasteiger partial charge in [-0.15, -0.1) is 0 Å². The summed E-state index contributed by atoms with van der Waals surface area (Å²) in [7, 11) is 0. The largest absolute Gasteiger partial charge is 0.480 e. The lowest BCUT2D eigenvalue weighted by atomic mass is 10.4. The number of nitrogens with zero attached hydrogens (tertiary/aromatic N) is 1. The second kappa shape index (κ2) is 6.70. The van der Waals surface area contributed by atoms with Crippen LogP contribution in [0.4, 0.5) is 13.2 Å². The fraction of sp³-hybridized carbons (Fsp3) is 0.889. The van der Waals surface area contributed by atoms with Crippen LogP contribution in [0.25, 0.3) is 0 Å².